The maximum absolute atomic E-state index is 14.4. The van der Waals surface area contributed by atoms with E-state index in [1.807, 2.05) is 23.9 Å². The zero-order valence-corrected chi connectivity index (χ0v) is 22.2. The van der Waals surface area contributed by atoms with Gasteiger partial charge in [0.25, 0.3) is 5.56 Å². The number of hydrogen-bond donors (Lipinski definition) is 1. The maximum Gasteiger partial charge on any atom is 0.255 e. The molecule has 1 N–H and O–H groups in total. The summed E-state index contributed by atoms with van der Waals surface area (Å²) in [6, 6.07) is 3.05. The fourth-order valence-electron chi connectivity index (χ4n) is 6.15. The summed E-state index contributed by atoms with van der Waals surface area (Å²) in [6.45, 7) is 8.38. The molecule has 3 unspecified atom stereocenters. The van der Waals surface area contributed by atoms with Gasteiger partial charge in [-0.3, -0.25) is 29.5 Å². The number of hydrogen-bond acceptors (Lipinski definition) is 9. The molecule has 3 aliphatic heterocycles. The van der Waals surface area contributed by atoms with Crippen molar-refractivity contribution in [2.45, 2.75) is 33.0 Å². The number of aliphatic imine (C=N–C) groups is 1. The molecule has 6 rings (SSSR count). The quantitative estimate of drug-likeness (QED) is 0.628. The van der Waals surface area contributed by atoms with Crippen LogP contribution in [0.25, 0.3) is 11.3 Å². The van der Waals surface area contributed by atoms with Gasteiger partial charge >= 0.3 is 0 Å². The van der Waals surface area contributed by atoms with Crippen molar-refractivity contribution in [3.8, 4) is 11.3 Å². The predicted octanol–water partition coefficient (Wildman–Crippen LogP) is 1.12. The van der Waals surface area contributed by atoms with Gasteiger partial charge in [-0.2, -0.15) is 5.10 Å². The molecular weight excluding hydrogens is 489 g/mol. The number of carbonyl (C=O) groups excluding carboxylic acids is 1. The van der Waals surface area contributed by atoms with Crippen molar-refractivity contribution in [1.82, 2.24) is 29.8 Å². The number of piperidine rings is 1. The lowest BCUT2D eigenvalue weighted by molar-refractivity contribution is -0.123. The van der Waals surface area contributed by atoms with E-state index in [1.54, 1.807) is 7.05 Å². The van der Waals surface area contributed by atoms with E-state index in [0.717, 1.165) is 31.5 Å². The number of halogens is 1. The van der Waals surface area contributed by atoms with E-state index in [0.29, 0.717) is 29.7 Å². The summed E-state index contributed by atoms with van der Waals surface area (Å²) in [5.74, 6) is 1.26. The second-order valence-electron chi connectivity index (χ2n) is 11.1. The van der Waals surface area contributed by atoms with Crippen molar-refractivity contribution in [3.63, 3.8) is 0 Å². The molecule has 0 spiro atoms. The molecular formula is C26H32FN9O2. The molecule has 1 saturated heterocycles. The van der Waals surface area contributed by atoms with Crippen molar-refractivity contribution in [3.05, 3.63) is 40.7 Å². The minimum absolute atomic E-state index is 0.0545. The van der Waals surface area contributed by atoms with Crippen LogP contribution < -0.4 is 15.8 Å². The average molecular weight is 522 g/mol. The molecule has 2 fully saturated rings. The van der Waals surface area contributed by atoms with E-state index in [1.165, 1.54) is 22.9 Å². The van der Waals surface area contributed by atoms with Gasteiger partial charge in [-0.15, -0.1) is 0 Å². The minimum atomic E-state index is -0.520. The Balaban J connectivity index is 1.19. The minimum Gasteiger partial charge on any atom is -0.342 e. The van der Waals surface area contributed by atoms with E-state index in [-0.39, 0.29) is 40.8 Å². The third kappa shape index (κ3) is 3.93. The highest BCUT2D eigenvalue weighted by atomic mass is 19.1. The van der Waals surface area contributed by atoms with Gasteiger partial charge in [-0.1, -0.05) is 13.8 Å². The third-order valence-electron chi connectivity index (χ3n) is 8.03. The van der Waals surface area contributed by atoms with Crippen molar-refractivity contribution in [2.24, 2.45) is 40.8 Å². The van der Waals surface area contributed by atoms with Crippen LogP contribution in [0.1, 0.15) is 20.8 Å². The summed E-state index contributed by atoms with van der Waals surface area (Å²) in [6.07, 6.45) is 2.30. The summed E-state index contributed by atoms with van der Waals surface area (Å²) in [7, 11) is 3.60. The first-order valence-corrected chi connectivity index (χ1v) is 13.0. The first-order chi connectivity index (χ1) is 18.1. The number of rotatable bonds is 5. The number of nitrogens with one attached hydrogen (secondary N) is 1. The van der Waals surface area contributed by atoms with Gasteiger partial charge in [-0.25, -0.2) is 14.4 Å². The standard InChI is InChI=1S/C26H32FN9O2/c1-13(2)10-36-23-21(14(3)32-36)24(38)31-25(30-23)35-11-16-17(12-35)22(16)34(5)26-29-19(8-20(37)33(26)4)15-6-7-28-9-18(15)27/h6-9,13,16-17,21-23H,10-12H2,1-5H3,(H,30,31,38)/t16-,17+,21?,22?,23?. The van der Waals surface area contributed by atoms with Crippen molar-refractivity contribution < 1.29 is 9.18 Å². The second kappa shape index (κ2) is 8.88. The fraction of sp³-hybridized carbons (Fsp3) is 0.538. The van der Waals surface area contributed by atoms with Gasteiger partial charge in [0.15, 0.2) is 12.0 Å². The van der Waals surface area contributed by atoms with Crippen LogP contribution in [0, 0.1) is 29.5 Å². The van der Waals surface area contributed by atoms with Crippen LogP contribution in [0.2, 0.25) is 0 Å². The third-order valence-corrected chi connectivity index (χ3v) is 8.03. The normalized spacial score (nSPS) is 27.7. The lowest BCUT2D eigenvalue weighted by atomic mass is 9.99. The highest BCUT2D eigenvalue weighted by molar-refractivity contribution is 6.12. The Morgan fingerprint density at radius 3 is 2.66 bits per heavy atom. The van der Waals surface area contributed by atoms with Crippen LogP contribution in [0.15, 0.2) is 39.4 Å². The van der Waals surface area contributed by atoms with E-state index >= 15 is 0 Å². The molecule has 0 bridgehead atoms. The molecule has 5 heterocycles. The Bertz CT molecular complexity index is 1410. The van der Waals surface area contributed by atoms with Gasteiger partial charge in [0, 0.05) is 69.4 Å². The summed E-state index contributed by atoms with van der Waals surface area (Å²) in [4.78, 5) is 43.2. The monoisotopic (exact) mass is 521 g/mol. The van der Waals surface area contributed by atoms with Crippen LogP contribution in [0.3, 0.4) is 0 Å². The Labute approximate surface area is 220 Å². The van der Waals surface area contributed by atoms with Gasteiger partial charge in [0.05, 0.1) is 17.6 Å². The van der Waals surface area contributed by atoms with Crippen LogP contribution in [0.4, 0.5) is 10.3 Å². The van der Waals surface area contributed by atoms with E-state index < -0.39 is 5.82 Å². The SMILES string of the molecule is CC1=NN(CC(C)C)C2N=C(N3C[C@@H]4C(N(C)c5nc(-c6ccncc6F)cc(=O)n5C)[C@@H]4C3)NC(=O)C12. The largest absolute Gasteiger partial charge is 0.342 e. The Hall–Kier alpha value is -3.83. The van der Waals surface area contributed by atoms with Crippen molar-refractivity contribution >= 4 is 23.5 Å². The predicted molar refractivity (Wildman–Crippen MR) is 141 cm³/mol. The molecule has 2 aromatic heterocycles. The molecule has 1 aliphatic carbocycles. The molecule has 4 aliphatic rings. The fourth-order valence-corrected chi connectivity index (χ4v) is 6.15. The number of carbonyl (C=O) groups is 1. The number of nitrogens with zero attached hydrogens (tertiary/aromatic N) is 8. The van der Waals surface area contributed by atoms with Crippen molar-refractivity contribution in [1.29, 1.82) is 0 Å². The number of guanidine groups is 1. The van der Waals surface area contributed by atoms with Crippen molar-refractivity contribution in [2.75, 3.05) is 31.6 Å². The molecule has 2 aromatic rings. The Kier molecular flexibility index (Phi) is 5.73. The first kappa shape index (κ1) is 24.5. The molecule has 5 atom stereocenters. The van der Waals surface area contributed by atoms with Crippen LogP contribution >= 0.6 is 0 Å². The molecule has 0 aromatic carbocycles. The molecule has 11 nitrogen and oxygen atoms in total. The lowest BCUT2D eigenvalue weighted by Gasteiger charge is -2.34. The number of hydrazone groups is 1. The molecule has 38 heavy (non-hydrogen) atoms. The highest BCUT2D eigenvalue weighted by Gasteiger charge is 2.59. The van der Waals surface area contributed by atoms with E-state index in [9.17, 15) is 14.0 Å². The molecule has 12 heteroatoms. The number of anilines is 1. The van der Waals surface area contributed by atoms with Gasteiger partial charge in [0.1, 0.15) is 5.92 Å². The van der Waals surface area contributed by atoms with Crippen LogP contribution in [-0.2, 0) is 11.8 Å². The number of pyridine rings is 1. The Morgan fingerprint density at radius 2 is 1.97 bits per heavy atom. The summed E-state index contributed by atoms with van der Waals surface area (Å²) < 4.78 is 15.8. The maximum atomic E-state index is 14.4. The summed E-state index contributed by atoms with van der Waals surface area (Å²) >= 11 is 0. The number of likely N-dealkylation sites (tertiary alicyclic amines) is 1. The second-order valence-corrected chi connectivity index (χ2v) is 11.1. The summed E-state index contributed by atoms with van der Waals surface area (Å²) in [5.41, 5.74) is 1.08. The molecule has 0 radical (unpaired) electrons. The van der Waals surface area contributed by atoms with E-state index in [2.05, 4.69) is 39.1 Å². The van der Waals surface area contributed by atoms with E-state index in [4.69, 9.17) is 4.99 Å². The van der Waals surface area contributed by atoms with Gasteiger partial charge in [-0.05, 0) is 18.9 Å². The molecule has 1 amide bonds. The summed E-state index contributed by atoms with van der Waals surface area (Å²) in [5, 5.41) is 9.58. The highest BCUT2D eigenvalue weighted by Crippen LogP contribution is 2.49. The zero-order valence-electron chi connectivity index (χ0n) is 22.2. The zero-order chi connectivity index (χ0) is 26.9. The average Bonchev–Trinajstić information content (AvgIpc) is 3.19. The van der Waals surface area contributed by atoms with Gasteiger partial charge < -0.3 is 9.80 Å². The van der Waals surface area contributed by atoms with Crippen LogP contribution in [0.5, 0.6) is 0 Å². The van der Waals surface area contributed by atoms with Gasteiger partial charge in [0.2, 0.25) is 17.8 Å². The molecule has 1 saturated carbocycles. The lowest BCUT2D eigenvalue weighted by Crippen LogP contribution is -2.55. The topological polar surface area (TPSA) is 111 Å². The number of amides is 1. The Morgan fingerprint density at radius 1 is 1.24 bits per heavy atom. The molecule has 200 valence electrons. The first-order valence-electron chi connectivity index (χ1n) is 13.0. The smallest absolute Gasteiger partial charge is 0.255 e. The number of fused-ring (bicyclic) bond motifs is 2. The van der Waals surface area contributed by atoms with Crippen LogP contribution in [-0.4, -0.2) is 80.9 Å². The number of aromatic nitrogens is 3.